The van der Waals surface area contributed by atoms with E-state index in [1.54, 1.807) is 18.2 Å². The molecule has 0 aromatic heterocycles. The molecular formula is C20H21F3N2O3S. The summed E-state index contributed by atoms with van der Waals surface area (Å²) in [5.41, 5.74) is -0.834. The van der Waals surface area contributed by atoms with Crippen molar-refractivity contribution in [1.29, 1.82) is 0 Å². The Bertz CT molecular complexity index is 962. The van der Waals surface area contributed by atoms with E-state index in [-0.39, 0.29) is 17.0 Å². The van der Waals surface area contributed by atoms with Gasteiger partial charge in [0, 0.05) is 24.7 Å². The van der Waals surface area contributed by atoms with Gasteiger partial charge in [-0.25, -0.2) is 8.42 Å². The fourth-order valence-corrected chi connectivity index (χ4v) is 5.14. The predicted octanol–water partition coefficient (Wildman–Crippen LogP) is 4.28. The summed E-state index contributed by atoms with van der Waals surface area (Å²) in [5.74, 6) is -0.524. The molecule has 1 amide bonds. The first-order chi connectivity index (χ1) is 13.7. The van der Waals surface area contributed by atoms with Crippen LogP contribution in [0, 0.1) is 0 Å². The van der Waals surface area contributed by atoms with Gasteiger partial charge in [0.25, 0.3) is 0 Å². The quantitative estimate of drug-likeness (QED) is 0.776. The van der Waals surface area contributed by atoms with Gasteiger partial charge < -0.3 is 5.32 Å². The molecule has 0 radical (unpaired) electrons. The molecule has 3 rings (SSSR count). The van der Waals surface area contributed by atoms with Crippen molar-refractivity contribution in [3.8, 4) is 0 Å². The Kier molecular flexibility index (Phi) is 6.28. The number of halogens is 3. The number of amides is 1. The highest BCUT2D eigenvalue weighted by Gasteiger charge is 2.35. The van der Waals surface area contributed by atoms with Crippen LogP contribution in [0.3, 0.4) is 0 Å². The molecule has 0 bridgehead atoms. The van der Waals surface area contributed by atoms with Gasteiger partial charge in [-0.3, -0.25) is 4.79 Å². The van der Waals surface area contributed by atoms with Crippen molar-refractivity contribution in [2.75, 3.05) is 11.9 Å². The largest absolute Gasteiger partial charge is 0.416 e. The molecule has 29 heavy (non-hydrogen) atoms. The number of nitrogens with one attached hydrogen (secondary N) is 1. The molecule has 5 nitrogen and oxygen atoms in total. The van der Waals surface area contributed by atoms with Crippen LogP contribution < -0.4 is 5.32 Å². The second-order valence-electron chi connectivity index (χ2n) is 6.91. The van der Waals surface area contributed by atoms with Gasteiger partial charge in [0.05, 0.1) is 10.5 Å². The maximum Gasteiger partial charge on any atom is 0.416 e. The second-order valence-corrected chi connectivity index (χ2v) is 8.80. The van der Waals surface area contributed by atoms with Crippen molar-refractivity contribution in [3.63, 3.8) is 0 Å². The number of anilines is 1. The minimum absolute atomic E-state index is 0.0260. The highest BCUT2D eigenvalue weighted by molar-refractivity contribution is 7.89. The van der Waals surface area contributed by atoms with E-state index in [1.807, 2.05) is 0 Å². The van der Waals surface area contributed by atoms with Crippen LogP contribution in [0.5, 0.6) is 0 Å². The topological polar surface area (TPSA) is 66.5 Å². The van der Waals surface area contributed by atoms with Gasteiger partial charge >= 0.3 is 6.18 Å². The van der Waals surface area contributed by atoms with E-state index in [1.165, 1.54) is 28.6 Å². The number of alkyl halides is 3. The summed E-state index contributed by atoms with van der Waals surface area (Å²) in [6.45, 7) is 0.304. The van der Waals surface area contributed by atoms with Gasteiger partial charge in [0.1, 0.15) is 0 Å². The van der Waals surface area contributed by atoms with Crippen molar-refractivity contribution in [2.24, 2.45) is 0 Å². The van der Waals surface area contributed by atoms with E-state index < -0.39 is 33.7 Å². The first-order valence-corrected chi connectivity index (χ1v) is 10.7. The Morgan fingerprint density at radius 1 is 1.07 bits per heavy atom. The summed E-state index contributed by atoms with van der Waals surface area (Å²) in [5, 5.41) is 2.45. The number of rotatable bonds is 5. The first kappa shape index (κ1) is 21.3. The smallest absolute Gasteiger partial charge is 0.326 e. The number of benzene rings is 2. The first-order valence-electron chi connectivity index (χ1n) is 9.22. The van der Waals surface area contributed by atoms with Gasteiger partial charge in [-0.2, -0.15) is 17.5 Å². The van der Waals surface area contributed by atoms with Crippen molar-refractivity contribution in [2.45, 2.75) is 42.8 Å². The molecule has 9 heteroatoms. The Morgan fingerprint density at radius 2 is 1.79 bits per heavy atom. The number of carbonyl (C=O) groups excluding carboxylic acids is 1. The Morgan fingerprint density at radius 3 is 2.48 bits per heavy atom. The number of carbonyl (C=O) groups is 1. The Hall–Kier alpha value is -2.39. The SMILES string of the molecule is O=C(C[C@H]1CCCCN1S(=O)(=O)c1ccccc1)Nc1cccc(C(F)(F)F)c1. The van der Waals surface area contributed by atoms with Crippen LogP contribution in [-0.2, 0) is 21.0 Å². The van der Waals surface area contributed by atoms with Crippen LogP contribution in [-0.4, -0.2) is 31.2 Å². The van der Waals surface area contributed by atoms with E-state index in [2.05, 4.69) is 5.32 Å². The number of piperidine rings is 1. The molecule has 1 fully saturated rings. The van der Waals surface area contributed by atoms with Gasteiger partial charge in [-0.15, -0.1) is 0 Å². The lowest BCUT2D eigenvalue weighted by Gasteiger charge is -2.34. The lowest BCUT2D eigenvalue weighted by molar-refractivity contribution is -0.137. The average Bonchev–Trinajstić information content (AvgIpc) is 2.68. The highest BCUT2D eigenvalue weighted by Crippen LogP contribution is 2.31. The summed E-state index contributed by atoms with van der Waals surface area (Å²) in [4.78, 5) is 12.6. The maximum absolute atomic E-state index is 13.0. The van der Waals surface area contributed by atoms with Crippen LogP contribution in [0.4, 0.5) is 18.9 Å². The molecule has 1 aliphatic heterocycles. The van der Waals surface area contributed by atoms with Gasteiger partial charge in [-0.1, -0.05) is 30.7 Å². The zero-order chi connectivity index (χ0) is 21.1. The molecule has 2 aromatic carbocycles. The molecule has 1 heterocycles. The molecular weight excluding hydrogens is 405 g/mol. The molecule has 156 valence electrons. The lowest BCUT2D eigenvalue weighted by Crippen LogP contribution is -2.45. The molecule has 0 spiro atoms. The van der Waals surface area contributed by atoms with E-state index in [4.69, 9.17) is 0 Å². The summed E-state index contributed by atoms with van der Waals surface area (Å²) in [6, 6.07) is 11.8. The molecule has 1 atom stereocenters. The van der Waals surface area contributed by atoms with E-state index in [0.29, 0.717) is 19.4 Å². The molecule has 1 saturated heterocycles. The molecule has 2 aromatic rings. The minimum Gasteiger partial charge on any atom is -0.326 e. The molecule has 0 unspecified atom stereocenters. The normalized spacial score (nSPS) is 18.4. The third-order valence-corrected chi connectivity index (χ3v) is 6.78. The molecule has 0 saturated carbocycles. The van der Waals surface area contributed by atoms with Gasteiger partial charge in [0.2, 0.25) is 15.9 Å². The fourth-order valence-electron chi connectivity index (χ4n) is 3.42. The Labute approximate surface area is 167 Å². The van der Waals surface area contributed by atoms with E-state index in [9.17, 15) is 26.4 Å². The zero-order valence-electron chi connectivity index (χ0n) is 15.5. The summed E-state index contributed by atoms with van der Waals surface area (Å²) in [6.07, 6.45) is -2.64. The van der Waals surface area contributed by atoms with Gasteiger partial charge in [-0.05, 0) is 43.2 Å². The van der Waals surface area contributed by atoms with Gasteiger partial charge in [0.15, 0.2) is 0 Å². The standard InChI is InChI=1S/C20H21F3N2O3S/c21-20(22,23)15-7-6-8-16(13-15)24-19(26)14-17-9-4-5-12-25(17)29(27,28)18-10-2-1-3-11-18/h1-3,6-8,10-11,13,17H,4-5,9,12,14H2,(H,24,26)/t17-/m1/s1. The fraction of sp³-hybridized carbons (Fsp3) is 0.350. The third kappa shape index (κ3) is 5.16. The number of sulfonamides is 1. The van der Waals surface area contributed by atoms with Crippen LogP contribution in [0.25, 0.3) is 0 Å². The summed E-state index contributed by atoms with van der Waals surface area (Å²) >= 11 is 0. The van der Waals surface area contributed by atoms with E-state index in [0.717, 1.165) is 18.6 Å². The number of hydrogen-bond donors (Lipinski definition) is 1. The van der Waals surface area contributed by atoms with Crippen molar-refractivity contribution >= 4 is 21.6 Å². The molecule has 0 aliphatic carbocycles. The van der Waals surface area contributed by atoms with Crippen LogP contribution in [0.15, 0.2) is 59.5 Å². The van der Waals surface area contributed by atoms with Crippen molar-refractivity contribution < 1.29 is 26.4 Å². The van der Waals surface area contributed by atoms with Crippen molar-refractivity contribution in [3.05, 3.63) is 60.2 Å². The molecule has 1 aliphatic rings. The maximum atomic E-state index is 13.0. The lowest BCUT2D eigenvalue weighted by atomic mass is 10.0. The number of hydrogen-bond acceptors (Lipinski definition) is 3. The second kappa shape index (κ2) is 8.54. The predicted molar refractivity (Wildman–Crippen MR) is 103 cm³/mol. The zero-order valence-corrected chi connectivity index (χ0v) is 16.3. The third-order valence-electron chi connectivity index (χ3n) is 4.82. The average molecular weight is 426 g/mol. The summed E-state index contributed by atoms with van der Waals surface area (Å²) in [7, 11) is -3.75. The highest BCUT2D eigenvalue weighted by atomic mass is 32.2. The van der Waals surface area contributed by atoms with Crippen LogP contribution >= 0.6 is 0 Å². The van der Waals surface area contributed by atoms with Crippen LogP contribution in [0.2, 0.25) is 0 Å². The number of nitrogens with zero attached hydrogens (tertiary/aromatic N) is 1. The summed E-state index contributed by atoms with van der Waals surface area (Å²) < 4.78 is 65.8. The Balaban J connectivity index is 1.73. The molecule has 1 N–H and O–H groups in total. The van der Waals surface area contributed by atoms with E-state index >= 15 is 0 Å². The van der Waals surface area contributed by atoms with Crippen molar-refractivity contribution in [1.82, 2.24) is 4.31 Å². The monoisotopic (exact) mass is 426 g/mol. The minimum atomic E-state index is -4.51. The van der Waals surface area contributed by atoms with Crippen LogP contribution in [0.1, 0.15) is 31.2 Å².